The summed E-state index contributed by atoms with van der Waals surface area (Å²) in [5.41, 5.74) is 4.00. The Morgan fingerprint density at radius 3 is 2.11 bits per heavy atom. The summed E-state index contributed by atoms with van der Waals surface area (Å²) in [5, 5.41) is 1.45. The second kappa shape index (κ2) is 5.44. The van der Waals surface area contributed by atoms with Crippen LogP contribution in [0, 0.1) is 17.6 Å². The van der Waals surface area contributed by atoms with Gasteiger partial charge in [-0.2, -0.15) is 0 Å². The molecular weight excluding hydrogens is 363 g/mol. The van der Waals surface area contributed by atoms with Crippen molar-refractivity contribution in [3.05, 3.63) is 50.5 Å². The first kappa shape index (κ1) is 14.8. The van der Waals surface area contributed by atoms with E-state index in [1.54, 1.807) is 0 Å². The monoisotopic (exact) mass is 384 g/mol. The number of hydrogen-bond donors (Lipinski definition) is 0. The second-order valence-corrected chi connectivity index (χ2v) is 12.4. The molecule has 0 N–H and O–H groups in total. The molecule has 0 spiro atoms. The van der Waals surface area contributed by atoms with Gasteiger partial charge in [-0.15, -0.1) is 0 Å². The van der Waals surface area contributed by atoms with E-state index in [9.17, 15) is 0 Å². The molecule has 2 aromatic rings. The van der Waals surface area contributed by atoms with Crippen molar-refractivity contribution < 1.29 is 4.42 Å². The molecule has 0 radical (unpaired) electrons. The molecule has 102 valence electrons. The van der Waals surface area contributed by atoms with Gasteiger partial charge in [0.05, 0.1) is 8.07 Å². The number of furan rings is 1. The zero-order chi connectivity index (χ0) is 14.2. The van der Waals surface area contributed by atoms with Gasteiger partial charge in [-0.05, 0) is 53.3 Å². The molecule has 19 heavy (non-hydrogen) atoms. The summed E-state index contributed by atoms with van der Waals surface area (Å²) in [4.78, 5) is 0. The molecule has 0 atom stereocenters. The van der Waals surface area contributed by atoms with Crippen molar-refractivity contribution in [2.45, 2.75) is 39.9 Å². The van der Waals surface area contributed by atoms with Crippen LogP contribution in [-0.4, -0.2) is 8.07 Å². The molecular formula is C16H21IOSi. The fourth-order valence-electron chi connectivity index (χ4n) is 2.52. The van der Waals surface area contributed by atoms with E-state index in [2.05, 4.69) is 80.3 Å². The van der Waals surface area contributed by atoms with Gasteiger partial charge < -0.3 is 4.42 Å². The highest BCUT2D eigenvalue weighted by Gasteiger charge is 2.24. The van der Waals surface area contributed by atoms with Crippen LogP contribution in [0.3, 0.4) is 0 Å². The van der Waals surface area contributed by atoms with E-state index in [-0.39, 0.29) is 0 Å². The van der Waals surface area contributed by atoms with Crippen molar-refractivity contribution in [2.75, 3.05) is 0 Å². The molecule has 0 aliphatic rings. The number of halogens is 1. The van der Waals surface area contributed by atoms with Gasteiger partial charge in [-0.3, -0.25) is 0 Å². The Bertz CT molecular complexity index is 573. The largest absolute Gasteiger partial charge is 0.455 e. The molecule has 1 nitrogen and oxygen atoms in total. The third-order valence-corrected chi connectivity index (χ3v) is 5.80. The standard InChI is InChI=1S/C16H21IOSi/c1-11-6-12(2)8-13(7-11)9-14-15(19(3,4)5)10-16(17)18-14/h6-8,10H,9H2,1-5H3. The van der Waals surface area contributed by atoms with Crippen molar-refractivity contribution in [3.63, 3.8) is 0 Å². The predicted molar refractivity (Wildman–Crippen MR) is 93.1 cm³/mol. The van der Waals surface area contributed by atoms with Crippen molar-refractivity contribution in [2.24, 2.45) is 0 Å². The van der Waals surface area contributed by atoms with Gasteiger partial charge in [0.25, 0.3) is 0 Å². The highest BCUT2D eigenvalue weighted by atomic mass is 127. The zero-order valence-electron chi connectivity index (χ0n) is 12.3. The van der Waals surface area contributed by atoms with E-state index in [4.69, 9.17) is 4.42 Å². The lowest BCUT2D eigenvalue weighted by Gasteiger charge is -2.16. The minimum atomic E-state index is -1.34. The first-order valence-electron chi connectivity index (χ1n) is 6.61. The van der Waals surface area contributed by atoms with E-state index < -0.39 is 8.07 Å². The van der Waals surface area contributed by atoms with E-state index in [0.29, 0.717) is 0 Å². The second-order valence-electron chi connectivity index (χ2n) is 6.31. The molecule has 3 heteroatoms. The highest BCUT2D eigenvalue weighted by molar-refractivity contribution is 14.1. The molecule has 1 heterocycles. The Hall–Kier alpha value is -0.553. The van der Waals surface area contributed by atoms with E-state index in [1.165, 1.54) is 21.9 Å². The molecule has 2 rings (SSSR count). The predicted octanol–water partition coefficient (Wildman–Crippen LogP) is 4.64. The summed E-state index contributed by atoms with van der Waals surface area (Å²) in [5.74, 6) is 1.16. The van der Waals surface area contributed by atoms with Crippen molar-refractivity contribution >= 4 is 35.9 Å². The Labute approximate surface area is 130 Å². The third-order valence-electron chi connectivity index (χ3n) is 3.23. The quantitative estimate of drug-likeness (QED) is 0.555. The molecule has 0 aliphatic carbocycles. The summed E-state index contributed by atoms with van der Waals surface area (Å²) in [6.45, 7) is 11.4. The molecule has 0 unspecified atom stereocenters. The summed E-state index contributed by atoms with van der Waals surface area (Å²) in [6, 6.07) is 8.96. The van der Waals surface area contributed by atoms with Gasteiger partial charge in [0.15, 0.2) is 3.77 Å². The fourth-order valence-corrected chi connectivity index (χ4v) is 4.93. The lowest BCUT2D eigenvalue weighted by atomic mass is 10.0. The molecule has 0 saturated carbocycles. The average Bonchev–Trinajstić information content (AvgIpc) is 2.57. The highest BCUT2D eigenvalue weighted by Crippen LogP contribution is 2.19. The van der Waals surface area contributed by atoms with Crippen LogP contribution < -0.4 is 5.19 Å². The van der Waals surface area contributed by atoms with Gasteiger partial charge in [0, 0.05) is 6.42 Å². The maximum absolute atomic E-state index is 5.95. The molecule has 0 bridgehead atoms. The molecule has 0 amide bonds. The number of rotatable bonds is 3. The van der Waals surface area contributed by atoms with Gasteiger partial charge in [-0.25, -0.2) is 0 Å². The van der Waals surface area contributed by atoms with Crippen LogP contribution in [0.4, 0.5) is 0 Å². The van der Waals surface area contributed by atoms with Gasteiger partial charge in [-0.1, -0.05) is 49.0 Å². The maximum Gasteiger partial charge on any atom is 0.163 e. The zero-order valence-corrected chi connectivity index (χ0v) is 15.5. The topological polar surface area (TPSA) is 13.1 Å². The number of benzene rings is 1. The van der Waals surface area contributed by atoms with Crippen LogP contribution in [0.1, 0.15) is 22.5 Å². The summed E-state index contributed by atoms with van der Waals surface area (Å²) >= 11 is 2.28. The Morgan fingerprint density at radius 1 is 1.00 bits per heavy atom. The smallest absolute Gasteiger partial charge is 0.163 e. The minimum Gasteiger partial charge on any atom is -0.455 e. The first-order chi connectivity index (χ1) is 8.75. The lowest BCUT2D eigenvalue weighted by Crippen LogP contribution is -2.38. The molecule has 0 aliphatic heterocycles. The van der Waals surface area contributed by atoms with E-state index >= 15 is 0 Å². The Kier molecular flexibility index (Phi) is 4.25. The van der Waals surface area contributed by atoms with Crippen molar-refractivity contribution in [1.82, 2.24) is 0 Å². The first-order valence-corrected chi connectivity index (χ1v) is 11.2. The SMILES string of the molecule is Cc1cc(C)cc(Cc2oc(I)cc2[Si](C)(C)C)c1. The fraction of sp³-hybridized carbons (Fsp3) is 0.375. The van der Waals surface area contributed by atoms with Gasteiger partial charge in [0.2, 0.25) is 0 Å². The molecule has 1 aromatic heterocycles. The average molecular weight is 384 g/mol. The van der Waals surface area contributed by atoms with E-state index in [0.717, 1.165) is 15.9 Å². The van der Waals surface area contributed by atoms with Crippen LogP contribution in [0.5, 0.6) is 0 Å². The lowest BCUT2D eigenvalue weighted by molar-refractivity contribution is 0.497. The Balaban J connectivity index is 2.38. The van der Waals surface area contributed by atoms with Crippen molar-refractivity contribution in [3.8, 4) is 0 Å². The number of aryl methyl sites for hydroxylation is 2. The maximum atomic E-state index is 5.95. The molecule has 1 aromatic carbocycles. The van der Waals surface area contributed by atoms with Crippen LogP contribution >= 0.6 is 22.6 Å². The van der Waals surface area contributed by atoms with Gasteiger partial charge in [0.1, 0.15) is 5.76 Å². The normalized spacial score (nSPS) is 11.9. The Morgan fingerprint density at radius 2 is 1.58 bits per heavy atom. The van der Waals surface area contributed by atoms with E-state index in [1.807, 2.05) is 0 Å². The van der Waals surface area contributed by atoms with Crippen LogP contribution in [-0.2, 0) is 6.42 Å². The molecule has 0 fully saturated rings. The minimum absolute atomic E-state index is 0.908. The van der Waals surface area contributed by atoms with Crippen LogP contribution in [0.15, 0.2) is 28.7 Å². The van der Waals surface area contributed by atoms with Crippen LogP contribution in [0.25, 0.3) is 0 Å². The summed E-state index contributed by atoms with van der Waals surface area (Å²) < 4.78 is 6.95. The van der Waals surface area contributed by atoms with Crippen LogP contribution in [0.2, 0.25) is 19.6 Å². The molecule has 0 saturated heterocycles. The third kappa shape index (κ3) is 3.72. The van der Waals surface area contributed by atoms with Crippen molar-refractivity contribution in [1.29, 1.82) is 0 Å². The number of hydrogen-bond acceptors (Lipinski definition) is 1. The summed E-state index contributed by atoms with van der Waals surface area (Å²) in [6.07, 6.45) is 0.908. The summed E-state index contributed by atoms with van der Waals surface area (Å²) in [7, 11) is -1.34. The van der Waals surface area contributed by atoms with Gasteiger partial charge >= 0.3 is 0 Å².